The van der Waals surface area contributed by atoms with E-state index in [-0.39, 0.29) is 17.9 Å². The fourth-order valence-corrected chi connectivity index (χ4v) is 2.97. The number of rotatable bonds is 2. The summed E-state index contributed by atoms with van der Waals surface area (Å²) in [5.41, 5.74) is 1.65. The summed E-state index contributed by atoms with van der Waals surface area (Å²) in [6.07, 6.45) is 1.62. The van der Waals surface area contributed by atoms with Gasteiger partial charge in [0.1, 0.15) is 6.04 Å². The van der Waals surface area contributed by atoms with Crippen molar-refractivity contribution in [2.45, 2.75) is 25.8 Å². The molecule has 1 fully saturated rings. The molecule has 0 aromatic heterocycles. The lowest BCUT2D eigenvalue weighted by atomic mass is 10.1. The number of benzene rings is 1. The molecule has 0 aliphatic carbocycles. The van der Waals surface area contributed by atoms with Crippen LogP contribution in [-0.4, -0.2) is 48.3 Å². The van der Waals surface area contributed by atoms with E-state index < -0.39 is 0 Å². The molecule has 1 aromatic rings. The van der Waals surface area contributed by atoms with Crippen LogP contribution in [0.2, 0.25) is 0 Å². The minimum atomic E-state index is -0.329. The Kier molecular flexibility index (Phi) is 4.48. The molecule has 20 heavy (non-hydrogen) atoms. The molecule has 108 valence electrons. The average Bonchev–Trinajstić information content (AvgIpc) is 2.89. The molecule has 1 saturated heterocycles. The minimum Gasteiger partial charge on any atom is -0.347 e. The summed E-state index contributed by atoms with van der Waals surface area (Å²) >= 11 is 3.47. The van der Waals surface area contributed by atoms with E-state index in [9.17, 15) is 9.59 Å². The van der Waals surface area contributed by atoms with Gasteiger partial charge >= 0.3 is 0 Å². The van der Waals surface area contributed by atoms with Crippen molar-refractivity contribution < 1.29 is 9.59 Å². The minimum absolute atomic E-state index is 0.000347. The molecule has 1 unspecified atom stereocenters. The SMILES string of the molecule is Cc1cccc(C(=O)N2CCCC2C(=O)N(C)C)c1Br. The highest BCUT2D eigenvalue weighted by atomic mass is 79.9. The molecular formula is C15H19BrN2O2. The van der Waals surface area contributed by atoms with Gasteiger partial charge in [0, 0.05) is 25.1 Å². The first-order chi connectivity index (χ1) is 9.43. The van der Waals surface area contributed by atoms with E-state index in [4.69, 9.17) is 0 Å². The van der Waals surface area contributed by atoms with Crippen LogP contribution < -0.4 is 0 Å². The van der Waals surface area contributed by atoms with Crippen molar-refractivity contribution in [1.82, 2.24) is 9.80 Å². The van der Waals surface area contributed by atoms with Gasteiger partial charge in [-0.3, -0.25) is 9.59 Å². The quantitative estimate of drug-likeness (QED) is 0.830. The Balaban J connectivity index is 2.28. The van der Waals surface area contributed by atoms with Crippen molar-refractivity contribution in [2.24, 2.45) is 0 Å². The van der Waals surface area contributed by atoms with Crippen LogP contribution in [0.5, 0.6) is 0 Å². The Hall–Kier alpha value is -1.36. The maximum atomic E-state index is 12.7. The number of amides is 2. The van der Waals surface area contributed by atoms with Crippen molar-refractivity contribution in [1.29, 1.82) is 0 Å². The third-order valence-corrected chi connectivity index (χ3v) is 4.71. The largest absolute Gasteiger partial charge is 0.347 e. The normalized spacial score (nSPS) is 18.2. The molecule has 1 aliphatic heterocycles. The lowest BCUT2D eigenvalue weighted by Gasteiger charge is -2.26. The summed E-state index contributed by atoms with van der Waals surface area (Å²) in [7, 11) is 3.46. The molecular weight excluding hydrogens is 320 g/mol. The topological polar surface area (TPSA) is 40.6 Å². The maximum absolute atomic E-state index is 12.7. The summed E-state index contributed by atoms with van der Waals surface area (Å²) in [5, 5.41) is 0. The lowest BCUT2D eigenvalue weighted by molar-refractivity contribution is -0.132. The number of likely N-dealkylation sites (tertiary alicyclic amines) is 1. The maximum Gasteiger partial charge on any atom is 0.255 e. The third kappa shape index (κ3) is 2.73. The first kappa shape index (κ1) is 15.0. The summed E-state index contributed by atoms with van der Waals surface area (Å²) in [4.78, 5) is 28.1. The Morgan fingerprint density at radius 1 is 1.35 bits per heavy atom. The van der Waals surface area contributed by atoms with Gasteiger partial charge in [-0.25, -0.2) is 0 Å². The van der Waals surface area contributed by atoms with Crippen LogP contribution in [0.3, 0.4) is 0 Å². The number of hydrogen-bond acceptors (Lipinski definition) is 2. The van der Waals surface area contributed by atoms with Crippen LogP contribution in [0.25, 0.3) is 0 Å². The lowest BCUT2D eigenvalue weighted by Crippen LogP contribution is -2.45. The number of carbonyl (C=O) groups is 2. The molecule has 1 heterocycles. The van der Waals surface area contributed by atoms with Gasteiger partial charge in [0.15, 0.2) is 0 Å². The summed E-state index contributed by atoms with van der Waals surface area (Å²) in [6.45, 7) is 2.59. The Morgan fingerprint density at radius 3 is 2.70 bits per heavy atom. The highest BCUT2D eigenvalue weighted by molar-refractivity contribution is 9.10. The number of likely N-dealkylation sites (N-methyl/N-ethyl adjacent to an activating group) is 1. The van der Waals surface area contributed by atoms with Gasteiger partial charge in [0.05, 0.1) is 5.56 Å². The molecule has 0 saturated carbocycles. The highest BCUT2D eigenvalue weighted by Crippen LogP contribution is 2.26. The number of carbonyl (C=O) groups excluding carboxylic acids is 2. The summed E-state index contributed by atoms with van der Waals surface area (Å²) < 4.78 is 0.813. The first-order valence-corrected chi connectivity index (χ1v) is 7.50. The second kappa shape index (κ2) is 5.95. The second-order valence-electron chi connectivity index (χ2n) is 5.33. The smallest absolute Gasteiger partial charge is 0.255 e. The van der Waals surface area contributed by atoms with E-state index in [2.05, 4.69) is 15.9 Å². The van der Waals surface area contributed by atoms with Gasteiger partial charge < -0.3 is 9.80 Å². The molecule has 1 aromatic carbocycles. The van der Waals surface area contributed by atoms with Gasteiger partial charge in [-0.2, -0.15) is 0 Å². The number of halogens is 1. The molecule has 5 heteroatoms. The van der Waals surface area contributed by atoms with Crippen molar-refractivity contribution in [3.8, 4) is 0 Å². The van der Waals surface area contributed by atoms with E-state index in [1.807, 2.05) is 19.1 Å². The molecule has 2 rings (SSSR count). The van der Waals surface area contributed by atoms with Gasteiger partial charge in [-0.15, -0.1) is 0 Å². The number of nitrogens with zero attached hydrogens (tertiary/aromatic N) is 2. The van der Waals surface area contributed by atoms with Gasteiger partial charge in [-0.05, 0) is 47.3 Å². The van der Waals surface area contributed by atoms with Crippen molar-refractivity contribution in [2.75, 3.05) is 20.6 Å². The predicted octanol–water partition coefficient (Wildman–Crippen LogP) is 2.45. The van der Waals surface area contributed by atoms with E-state index in [1.165, 1.54) is 0 Å². The van der Waals surface area contributed by atoms with Crippen LogP contribution in [0, 0.1) is 6.92 Å². The fraction of sp³-hybridized carbons (Fsp3) is 0.467. The van der Waals surface area contributed by atoms with E-state index >= 15 is 0 Å². The molecule has 4 nitrogen and oxygen atoms in total. The average molecular weight is 339 g/mol. The zero-order valence-electron chi connectivity index (χ0n) is 12.0. The molecule has 0 spiro atoms. The Bertz CT molecular complexity index is 543. The Labute approximate surface area is 127 Å². The Morgan fingerprint density at radius 2 is 2.05 bits per heavy atom. The third-order valence-electron chi connectivity index (χ3n) is 3.66. The fourth-order valence-electron chi connectivity index (χ4n) is 2.53. The van der Waals surface area contributed by atoms with Gasteiger partial charge in [0.2, 0.25) is 5.91 Å². The summed E-state index contributed by atoms with van der Waals surface area (Å²) in [6, 6.07) is 5.29. The van der Waals surface area contributed by atoms with Crippen molar-refractivity contribution in [3.63, 3.8) is 0 Å². The molecule has 0 N–H and O–H groups in total. The van der Waals surface area contributed by atoms with E-state index in [0.29, 0.717) is 12.1 Å². The highest BCUT2D eigenvalue weighted by Gasteiger charge is 2.35. The van der Waals surface area contributed by atoms with E-state index in [0.717, 1.165) is 22.9 Å². The van der Waals surface area contributed by atoms with Crippen molar-refractivity contribution >= 4 is 27.7 Å². The molecule has 1 atom stereocenters. The molecule has 1 aliphatic rings. The van der Waals surface area contributed by atoms with Crippen LogP contribution in [-0.2, 0) is 4.79 Å². The molecule has 0 radical (unpaired) electrons. The number of aryl methyl sites for hydroxylation is 1. The predicted molar refractivity (Wildman–Crippen MR) is 81.6 cm³/mol. The molecule has 2 amide bonds. The zero-order valence-corrected chi connectivity index (χ0v) is 13.6. The molecule has 0 bridgehead atoms. The second-order valence-corrected chi connectivity index (χ2v) is 6.12. The number of hydrogen-bond donors (Lipinski definition) is 0. The van der Waals surface area contributed by atoms with Crippen LogP contribution in [0.4, 0.5) is 0 Å². The monoisotopic (exact) mass is 338 g/mol. The van der Waals surface area contributed by atoms with Crippen molar-refractivity contribution in [3.05, 3.63) is 33.8 Å². The standard InChI is InChI=1S/C15H19BrN2O2/c1-10-6-4-7-11(13(10)16)14(19)18-9-5-8-12(18)15(20)17(2)3/h4,6-7,12H,5,8-9H2,1-3H3. The first-order valence-electron chi connectivity index (χ1n) is 6.70. The van der Waals surface area contributed by atoms with E-state index in [1.54, 1.807) is 30.0 Å². The summed E-state index contributed by atoms with van der Waals surface area (Å²) in [5.74, 6) is -0.0714. The van der Waals surface area contributed by atoms with Gasteiger partial charge in [-0.1, -0.05) is 12.1 Å². The van der Waals surface area contributed by atoms with Gasteiger partial charge in [0.25, 0.3) is 5.91 Å². The van der Waals surface area contributed by atoms with Crippen LogP contribution >= 0.6 is 15.9 Å². The zero-order chi connectivity index (χ0) is 14.9. The van der Waals surface area contributed by atoms with Crippen LogP contribution in [0.1, 0.15) is 28.8 Å². The van der Waals surface area contributed by atoms with Crippen LogP contribution in [0.15, 0.2) is 22.7 Å².